The van der Waals surface area contributed by atoms with Crippen molar-refractivity contribution < 1.29 is 46.6 Å². The Hall–Kier alpha value is -6.33. The first kappa shape index (κ1) is 45.2. The molecular formula is C44H53F3N8O7. The molecule has 2 aliphatic rings. The number of nitrogens with one attached hydrogen (secondary N) is 3. The quantitative estimate of drug-likeness (QED) is 0.141. The van der Waals surface area contributed by atoms with E-state index in [9.17, 15) is 32.3 Å². The Morgan fingerprint density at radius 3 is 2.26 bits per heavy atom. The maximum absolute atomic E-state index is 13.7. The number of imidazole rings is 1. The molecule has 62 heavy (non-hydrogen) atoms. The van der Waals surface area contributed by atoms with E-state index < -0.39 is 35.8 Å². The lowest BCUT2D eigenvalue weighted by Crippen LogP contribution is -2.59. The number of carbonyl (C=O) groups excluding carboxylic acids is 4. The molecule has 0 spiro atoms. The number of aromatic nitrogens is 3. The summed E-state index contributed by atoms with van der Waals surface area (Å²) in [6.07, 6.45) is -1.59. The van der Waals surface area contributed by atoms with Crippen LogP contribution >= 0.6 is 0 Å². The third-order valence-electron chi connectivity index (χ3n) is 10.7. The van der Waals surface area contributed by atoms with Crippen molar-refractivity contribution in [1.82, 2.24) is 30.1 Å². The van der Waals surface area contributed by atoms with E-state index in [1.54, 1.807) is 52.4 Å². The van der Waals surface area contributed by atoms with Gasteiger partial charge >= 0.3 is 18.5 Å². The van der Waals surface area contributed by atoms with Gasteiger partial charge in [0, 0.05) is 67.0 Å². The van der Waals surface area contributed by atoms with Gasteiger partial charge in [-0.1, -0.05) is 38.1 Å². The zero-order valence-corrected chi connectivity index (χ0v) is 36.0. The van der Waals surface area contributed by atoms with Gasteiger partial charge < -0.3 is 44.5 Å². The van der Waals surface area contributed by atoms with Crippen LogP contribution in [-0.4, -0.2) is 106 Å². The van der Waals surface area contributed by atoms with Crippen molar-refractivity contribution in [2.75, 3.05) is 37.0 Å². The number of anilines is 2. The molecule has 15 nitrogen and oxygen atoms in total. The van der Waals surface area contributed by atoms with Crippen LogP contribution in [0.1, 0.15) is 83.5 Å². The van der Waals surface area contributed by atoms with Gasteiger partial charge in [-0.05, 0) is 83.2 Å². The number of pyridine rings is 1. The van der Waals surface area contributed by atoms with Crippen LogP contribution in [0.3, 0.4) is 0 Å². The van der Waals surface area contributed by atoms with Gasteiger partial charge in [-0.3, -0.25) is 9.59 Å². The highest BCUT2D eigenvalue weighted by Gasteiger charge is 2.38. The number of piperazine rings is 1. The zero-order valence-electron chi connectivity index (χ0n) is 36.0. The molecular weight excluding hydrogens is 810 g/mol. The van der Waals surface area contributed by atoms with Crippen molar-refractivity contribution in [2.45, 2.75) is 97.4 Å². The Labute approximate surface area is 358 Å². The molecule has 4 heterocycles. The van der Waals surface area contributed by atoms with E-state index >= 15 is 0 Å². The Kier molecular flexibility index (Phi) is 13.4. The molecule has 18 heteroatoms. The van der Waals surface area contributed by atoms with Crippen molar-refractivity contribution in [3.8, 4) is 28.1 Å². The summed E-state index contributed by atoms with van der Waals surface area (Å²) < 4.78 is 55.9. The topological polar surface area (TPSA) is 171 Å². The first-order valence-corrected chi connectivity index (χ1v) is 20.5. The molecule has 2 aromatic heterocycles. The van der Waals surface area contributed by atoms with Gasteiger partial charge in [0.2, 0.25) is 5.91 Å². The molecule has 0 bridgehead atoms. The van der Waals surface area contributed by atoms with Crippen molar-refractivity contribution >= 4 is 35.5 Å². The highest BCUT2D eigenvalue weighted by molar-refractivity contribution is 6.04. The summed E-state index contributed by atoms with van der Waals surface area (Å²) in [7, 11) is 1.24. The number of amides is 4. The minimum Gasteiger partial charge on any atom is -0.453 e. The van der Waals surface area contributed by atoms with Crippen LogP contribution in [-0.2, 0) is 14.3 Å². The molecule has 6 rings (SSSR count). The number of hydrogen-bond acceptors (Lipinski definition) is 10. The number of halogens is 3. The Bertz CT molecular complexity index is 2240. The minimum atomic E-state index is -5.02. The fourth-order valence-corrected chi connectivity index (χ4v) is 7.63. The number of alkyl carbamates (subject to hydrolysis) is 1. The Morgan fingerprint density at radius 1 is 0.919 bits per heavy atom. The number of methoxy groups -OCH3 is 1. The lowest BCUT2D eigenvalue weighted by Gasteiger charge is -2.44. The van der Waals surface area contributed by atoms with E-state index in [0.29, 0.717) is 54.5 Å². The van der Waals surface area contributed by atoms with E-state index in [4.69, 9.17) is 14.5 Å². The highest BCUT2D eigenvalue weighted by Crippen LogP contribution is 2.38. The molecule has 0 saturated carbocycles. The number of H-pyrrole nitrogens is 1. The van der Waals surface area contributed by atoms with Crippen molar-refractivity contribution in [1.29, 1.82) is 0 Å². The van der Waals surface area contributed by atoms with Crippen LogP contribution in [0.4, 0.5) is 34.3 Å². The second-order valence-electron chi connectivity index (χ2n) is 16.9. The second-order valence-corrected chi connectivity index (χ2v) is 16.9. The summed E-state index contributed by atoms with van der Waals surface area (Å²) in [6.45, 7) is 14.4. The number of rotatable bonds is 10. The van der Waals surface area contributed by atoms with Gasteiger partial charge in [0.15, 0.2) is 0 Å². The molecule has 2 aromatic carbocycles. The maximum atomic E-state index is 13.7. The molecule has 2 aliphatic heterocycles. The summed E-state index contributed by atoms with van der Waals surface area (Å²) in [5, 5.41) is 5.28. The van der Waals surface area contributed by atoms with Crippen LogP contribution in [0.2, 0.25) is 0 Å². The third kappa shape index (κ3) is 10.8. The SMILES string of the molecule is COC(=O)NC(C(=O)N1CCCC1c1nc(-c2ccc(-c3ccc(NC(=O)c4ccc(N5C[C@@H](C)N(C(=O)OC(C)(C)C)C[C@H]5C)nc4)cc3OC(F)(F)F)cc2)c[nH]1)C(C)C. The largest absolute Gasteiger partial charge is 0.573 e. The van der Waals surface area contributed by atoms with Gasteiger partial charge in [-0.2, -0.15) is 0 Å². The van der Waals surface area contributed by atoms with E-state index in [0.717, 1.165) is 12.5 Å². The van der Waals surface area contributed by atoms with Crippen molar-refractivity contribution in [2.24, 2.45) is 5.92 Å². The summed E-state index contributed by atoms with van der Waals surface area (Å²) in [6, 6.07) is 12.6. The number of nitrogens with zero attached hydrogens (tertiary/aromatic N) is 5. The van der Waals surface area contributed by atoms with Gasteiger partial charge in [-0.15, -0.1) is 13.2 Å². The molecule has 4 aromatic rings. The number of ether oxygens (including phenoxy) is 3. The second kappa shape index (κ2) is 18.3. The van der Waals surface area contributed by atoms with Gasteiger partial charge in [0.1, 0.15) is 29.0 Å². The average Bonchev–Trinajstić information content (AvgIpc) is 3.90. The molecule has 0 aliphatic carbocycles. The average molecular weight is 863 g/mol. The number of likely N-dealkylation sites (tertiary alicyclic amines) is 1. The zero-order chi connectivity index (χ0) is 45.1. The van der Waals surface area contributed by atoms with Crippen molar-refractivity contribution in [3.63, 3.8) is 0 Å². The Balaban J connectivity index is 1.13. The number of aromatic amines is 1. The normalized spacial score (nSPS) is 18.6. The molecule has 332 valence electrons. The number of hydrogen-bond donors (Lipinski definition) is 3. The minimum absolute atomic E-state index is 0.0729. The fraction of sp³-hybridized carbons (Fsp3) is 0.455. The number of alkyl halides is 3. The molecule has 2 unspecified atom stereocenters. The van der Waals surface area contributed by atoms with Crippen molar-refractivity contribution in [3.05, 3.63) is 78.4 Å². The predicted octanol–water partition coefficient (Wildman–Crippen LogP) is 8.17. The highest BCUT2D eigenvalue weighted by atomic mass is 19.4. The third-order valence-corrected chi connectivity index (χ3v) is 10.7. The summed E-state index contributed by atoms with van der Waals surface area (Å²) >= 11 is 0. The van der Waals surface area contributed by atoms with Crippen LogP contribution in [0.15, 0.2) is 67.0 Å². The summed E-state index contributed by atoms with van der Waals surface area (Å²) in [5.74, 6) is -0.351. The van der Waals surface area contributed by atoms with Crippen LogP contribution < -0.4 is 20.3 Å². The van der Waals surface area contributed by atoms with E-state index in [2.05, 4.69) is 25.3 Å². The smallest absolute Gasteiger partial charge is 0.453 e. The molecule has 4 atom stereocenters. The first-order valence-electron chi connectivity index (χ1n) is 20.5. The fourth-order valence-electron chi connectivity index (χ4n) is 7.63. The molecule has 4 amide bonds. The van der Waals surface area contributed by atoms with Gasteiger partial charge in [-0.25, -0.2) is 19.6 Å². The van der Waals surface area contributed by atoms with Gasteiger partial charge in [0.05, 0.1) is 24.4 Å². The van der Waals surface area contributed by atoms with E-state index in [-0.39, 0.29) is 52.9 Å². The number of benzene rings is 2. The van der Waals surface area contributed by atoms with Crippen LogP contribution in [0.25, 0.3) is 22.4 Å². The maximum Gasteiger partial charge on any atom is 0.573 e. The molecule has 0 radical (unpaired) electrons. The van der Waals surface area contributed by atoms with Gasteiger partial charge in [0.25, 0.3) is 5.91 Å². The lowest BCUT2D eigenvalue weighted by molar-refractivity contribution is -0.274. The lowest BCUT2D eigenvalue weighted by atomic mass is 10.0. The standard InChI is InChI=1S/C44H53F3N8O7/c1-25(2)37(52-41(58)60-8)40(57)53-19-9-10-34(53)38-49-22-33(51-38)29-13-11-28(12-14-29)32-17-16-31(20-35(32)61-44(45,46)47)50-39(56)30-15-18-36(48-21-30)54-23-27(4)55(24-26(54)3)42(59)62-43(5,6)7/h11-18,20-22,25-27,34,37H,9-10,19,23-24H2,1-8H3,(H,49,51)(H,50,56)(H,52,58)/t26-,27-,34?,37?/m1/s1. The molecule has 2 saturated heterocycles. The molecule has 3 N–H and O–H groups in total. The van der Waals surface area contributed by atoms with Crippen LogP contribution in [0.5, 0.6) is 5.75 Å². The first-order chi connectivity index (χ1) is 29.2. The summed E-state index contributed by atoms with van der Waals surface area (Å²) in [5.41, 5.74) is 1.43. The van der Waals surface area contributed by atoms with E-state index in [1.165, 1.54) is 25.4 Å². The predicted molar refractivity (Wildman–Crippen MR) is 225 cm³/mol. The summed E-state index contributed by atoms with van der Waals surface area (Å²) in [4.78, 5) is 69.4. The molecule has 2 fully saturated rings. The van der Waals surface area contributed by atoms with Crippen LogP contribution in [0, 0.1) is 5.92 Å². The number of carbonyl (C=O) groups is 4. The van der Waals surface area contributed by atoms with E-state index in [1.807, 2.05) is 53.4 Å². The Morgan fingerprint density at radius 2 is 1.63 bits per heavy atom. The monoisotopic (exact) mass is 862 g/mol.